The van der Waals surface area contributed by atoms with Crippen molar-refractivity contribution in [3.63, 3.8) is 0 Å². The fourth-order valence-electron chi connectivity index (χ4n) is 14.8. The number of oxazole rings is 1. The predicted octanol–water partition coefficient (Wildman–Crippen LogP) is 30.7. The molecule has 25 heteroatoms. The van der Waals surface area contributed by atoms with Gasteiger partial charge in [-0.2, -0.15) is 19.7 Å². The minimum atomic E-state index is -0.849. The first-order valence-electron chi connectivity index (χ1n) is 46.0. The molecule has 0 radical (unpaired) electrons. The molecular weight excluding hydrogens is 1700 g/mol. The van der Waals surface area contributed by atoms with E-state index < -0.39 is 11.3 Å². The molecule has 2 fully saturated rings. The molecule has 0 saturated heterocycles. The molecule has 1 aromatic carbocycles. The Hall–Kier alpha value is -7.19. The molecule has 130 heavy (non-hydrogen) atoms. The van der Waals surface area contributed by atoms with Gasteiger partial charge in [0.05, 0.1) is 87.5 Å². The molecule has 10 heterocycles. The van der Waals surface area contributed by atoms with Gasteiger partial charge in [-0.3, -0.25) is 4.68 Å². The minimum Gasteiger partial charge on any atom is -0.448 e. The number of thiazole rings is 2. The van der Waals surface area contributed by atoms with Crippen LogP contribution in [0.3, 0.4) is 0 Å². The van der Waals surface area contributed by atoms with E-state index in [2.05, 4.69) is 384 Å². The number of azo groups is 1. The SMILES string of the molecule is CC(C)(C)C1(F)CC1.CC(C)(C)C1CC1(C)F.CC(C)(C)c1scnc1CO.CC(C)(C)n1ccnn1.CC1=C(C(C)(C)C)C(C)N=N1.Cc1ccccc1C(C)C.Cc1cnn(C)c1C(C)(C)C.Cc1cnnn1C(C)(C)C.Cc1cnsc1C(C)(C)C.Cc1nccn1C(C)(C)C.Cc1ncoc1C(C)(C)C.Cc1ncsc1C(C)(C)C.Cc1nsc(C(C)(C)C)c1C. The molecule has 3 aliphatic rings. The Morgan fingerprint density at radius 2 is 1.05 bits per heavy atom. The van der Waals surface area contributed by atoms with Gasteiger partial charge in [0.2, 0.25) is 0 Å². The molecule has 2 saturated carbocycles. The summed E-state index contributed by atoms with van der Waals surface area (Å²) in [7, 11) is 1.99. The van der Waals surface area contributed by atoms with E-state index >= 15 is 0 Å². The first kappa shape index (κ1) is 121. The van der Waals surface area contributed by atoms with Crippen LogP contribution in [0.2, 0.25) is 0 Å². The molecule has 0 amide bonds. The first-order valence-corrected chi connectivity index (χ1v) is 49.3. The Labute approximate surface area is 804 Å². The van der Waals surface area contributed by atoms with Gasteiger partial charge < -0.3 is 14.1 Å². The van der Waals surface area contributed by atoms with Crippen molar-refractivity contribution in [2.75, 3.05) is 0 Å². The number of nitrogens with zero attached hydrogens (tertiary/aromatic N) is 17. The molecule has 19 nitrogen and oxygen atoms in total. The minimum absolute atomic E-state index is 0.0517. The van der Waals surface area contributed by atoms with Crippen LogP contribution in [-0.4, -0.2) is 95.5 Å². The molecule has 1 N–H and O–H groups in total. The maximum Gasteiger partial charge on any atom is 0.181 e. The maximum atomic E-state index is 13.0. The summed E-state index contributed by atoms with van der Waals surface area (Å²) in [5.41, 5.74) is 19.7. The third kappa shape index (κ3) is 41.3. The average Bonchev–Trinajstić information content (AvgIpc) is 1.60. The fourth-order valence-corrected chi connectivity index (χ4v) is 18.3. The highest BCUT2D eigenvalue weighted by Crippen LogP contribution is 2.56. The van der Waals surface area contributed by atoms with E-state index in [1.807, 2.05) is 106 Å². The number of allylic oxidation sites excluding steroid dienone is 1. The van der Waals surface area contributed by atoms with Gasteiger partial charge in [-0.05, 0) is 265 Å². The molecule has 0 spiro atoms. The summed E-state index contributed by atoms with van der Waals surface area (Å²) < 4.78 is 47.5. The number of alkyl halides is 2. The van der Waals surface area contributed by atoms with Crippen LogP contribution in [-0.2, 0) is 62.8 Å². The molecule has 734 valence electrons. The lowest BCUT2D eigenvalue weighted by atomic mass is 9.82. The summed E-state index contributed by atoms with van der Waals surface area (Å²) in [6, 6.07) is 8.83. The van der Waals surface area contributed by atoms with Crippen molar-refractivity contribution in [2.24, 2.45) is 39.4 Å². The highest BCUT2D eigenvalue weighted by atomic mass is 32.1. The maximum absolute atomic E-state index is 13.0. The number of aryl methyl sites for hydroxylation is 9. The largest absolute Gasteiger partial charge is 0.448 e. The fraction of sp³-hybridized carbons (Fsp3) is 0.686. The van der Waals surface area contributed by atoms with Crippen LogP contribution in [0.25, 0.3) is 0 Å². The number of hydrogen-bond donors (Lipinski definition) is 1. The number of aromatic nitrogens is 15. The summed E-state index contributed by atoms with van der Waals surface area (Å²) in [6.07, 6.45) is 16.8. The standard InChI is InChI=1S/C10H14.2C9H16N2.C9H15NS.C8H15F.C8H14N2.C8H13NOS.C8H13NO.2C8H13NS.C7H13F.C7H13N3.C6H11N3/c1-8(2)10-7-5-4-6-9(10)3;1-7-6-10-11(5)8(7)9(2,3)4;1-6-8(9(3,4)5)7(2)11-10-6;1-6-7(2)10-11-8(6)9(3,4)5;1-7(2,3)6-5-8(6,4)9;1-7-9-5-6-10(7)8(2,3)4;1-8(2,3)7-6(4-10)9-5-11-7;2*1-6-7(8(2,3)4)10-5-9-6;1-6-5-9-10-7(6)8(2,3)4;1-6(2,3)7(8)4-5-7;1-6-5-8-9-10(6)7(2,3)4;1-6(2,3)9-5-4-7-8-9/h4-8H,1-3H3;2*6H,1-5H3;1-5H3;6H,5H2,1-4H3;5-6H,1-4H3;5,10H,4H2,1-3H3;3*5H,1-4H3;4-5H2,1-3H3;5H,1-4H3;4-5H,1-3H3. The molecule has 3 atom stereocenters. The van der Waals surface area contributed by atoms with Crippen molar-refractivity contribution in [3.05, 3.63) is 189 Å². The summed E-state index contributed by atoms with van der Waals surface area (Å²) in [6.45, 7) is 106. The van der Waals surface area contributed by atoms with Crippen molar-refractivity contribution < 1.29 is 18.3 Å². The van der Waals surface area contributed by atoms with Crippen LogP contribution in [0.1, 0.15) is 402 Å². The zero-order valence-corrected chi connectivity index (χ0v) is 94.3. The molecular formula is C105H179F2N17O2S4. The first-order chi connectivity index (χ1) is 58.5. The van der Waals surface area contributed by atoms with Crippen molar-refractivity contribution in [1.82, 2.24) is 73.0 Å². The molecule has 1 aliphatic heterocycles. The predicted molar refractivity (Wildman–Crippen MR) is 553 cm³/mol. The average molecular weight is 1880 g/mol. The summed E-state index contributed by atoms with van der Waals surface area (Å²) in [4.78, 5) is 21.8. The van der Waals surface area contributed by atoms with E-state index in [0.717, 1.165) is 53.6 Å². The Morgan fingerprint density at radius 3 is 1.25 bits per heavy atom. The summed E-state index contributed by atoms with van der Waals surface area (Å²) in [5, 5.41) is 36.6. The Balaban J connectivity index is 0.000000705. The number of benzene rings is 1. The van der Waals surface area contributed by atoms with Crippen LogP contribution in [0, 0.1) is 84.5 Å². The molecule has 10 aromatic rings. The molecule has 0 bridgehead atoms. The Morgan fingerprint density at radius 1 is 0.531 bits per heavy atom. The van der Waals surface area contributed by atoms with E-state index in [1.54, 1.807) is 70.6 Å². The lowest BCUT2D eigenvalue weighted by molar-refractivity contribution is 0.137. The topological polar surface area (TPSA) is 220 Å². The van der Waals surface area contributed by atoms with Crippen molar-refractivity contribution in [3.8, 4) is 0 Å². The molecule has 2 aliphatic carbocycles. The number of imidazole rings is 1. The molecule has 13 rings (SSSR count). The van der Waals surface area contributed by atoms with Gasteiger partial charge in [0.25, 0.3) is 0 Å². The quantitative estimate of drug-likeness (QED) is 0.170. The normalized spacial score (nSPS) is 16.0. The van der Waals surface area contributed by atoms with E-state index in [0.29, 0.717) is 11.8 Å². The van der Waals surface area contributed by atoms with Crippen molar-refractivity contribution in [1.29, 1.82) is 0 Å². The van der Waals surface area contributed by atoms with Gasteiger partial charge in [-0.1, -0.05) is 235 Å². The number of rotatable bonds is 2. The van der Waals surface area contributed by atoms with E-state index in [-0.39, 0.29) is 78.0 Å². The highest BCUT2D eigenvalue weighted by Gasteiger charge is 2.56. The zero-order valence-electron chi connectivity index (χ0n) is 91.0. The molecule has 9 aromatic heterocycles. The van der Waals surface area contributed by atoms with Crippen molar-refractivity contribution in [2.45, 2.75) is 444 Å². The number of halogens is 2. The van der Waals surface area contributed by atoms with E-state index in [1.165, 1.54) is 76.4 Å². The van der Waals surface area contributed by atoms with Gasteiger partial charge in [0, 0.05) is 79.3 Å². The molecule has 3 unspecified atom stereocenters. The van der Waals surface area contributed by atoms with Crippen LogP contribution in [0.4, 0.5) is 8.78 Å². The van der Waals surface area contributed by atoms with Crippen molar-refractivity contribution >= 4 is 45.7 Å². The van der Waals surface area contributed by atoms with Crippen LogP contribution >= 0.6 is 45.7 Å². The Bertz CT molecular complexity index is 4650. The number of hydrogen-bond acceptors (Lipinski definition) is 19. The monoisotopic (exact) mass is 1880 g/mol. The lowest BCUT2D eigenvalue weighted by Crippen LogP contribution is -2.24. The van der Waals surface area contributed by atoms with Gasteiger partial charge in [-0.15, -0.1) is 32.9 Å². The summed E-state index contributed by atoms with van der Waals surface area (Å²) in [5.74, 6) is 3.01. The second-order valence-corrected chi connectivity index (χ2v) is 50.7. The number of aliphatic hydroxyl groups is 1. The van der Waals surface area contributed by atoms with Crippen LogP contribution in [0.5, 0.6) is 0 Å². The Kier molecular flexibility index (Phi) is 45.4. The number of aliphatic hydroxyl groups excluding tert-OH is 1. The van der Waals surface area contributed by atoms with Gasteiger partial charge >= 0.3 is 0 Å². The van der Waals surface area contributed by atoms with E-state index in [4.69, 9.17) is 9.52 Å². The van der Waals surface area contributed by atoms with E-state index in [9.17, 15) is 8.78 Å². The van der Waals surface area contributed by atoms with Crippen LogP contribution in [0.15, 0.2) is 111 Å². The van der Waals surface area contributed by atoms with Gasteiger partial charge in [0.1, 0.15) is 22.9 Å². The lowest BCUT2D eigenvalue weighted by Gasteiger charge is -2.23. The third-order valence-corrected chi connectivity index (χ3v) is 26.9. The second kappa shape index (κ2) is 48.8. The zero-order chi connectivity index (χ0) is 101. The highest BCUT2D eigenvalue weighted by molar-refractivity contribution is 7.10. The van der Waals surface area contributed by atoms with Gasteiger partial charge in [-0.25, -0.2) is 42.5 Å². The van der Waals surface area contributed by atoms with Gasteiger partial charge in [0.15, 0.2) is 6.39 Å². The third-order valence-electron chi connectivity index (χ3n) is 21.5. The smallest absolute Gasteiger partial charge is 0.181 e. The second-order valence-electron chi connectivity index (χ2n) is 47.4. The van der Waals surface area contributed by atoms with Crippen LogP contribution < -0.4 is 0 Å². The summed E-state index contributed by atoms with van der Waals surface area (Å²) >= 11 is 6.59.